The van der Waals surface area contributed by atoms with Crippen molar-refractivity contribution in [1.29, 1.82) is 0 Å². The average Bonchev–Trinajstić information content (AvgIpc) is 3.32. The molecule has 1 aliphatic rings. The van der Waals surface area contributed by atoms with Crippen molar-refractivity contribution >= 4 is 39.7 Å². The first-order chi connectivity index (χ1) is 20.3. The van der Waals surface area contributed by atoms with Gasteiger partial charge >= 0.3 is 11.8 Å². The lowest BCUT2D eigenvalue weighted by atomic mass is 10.1. The number of fused-ring (bicyclic) bond motifs is 2. The van der Waals surface area contributed by atoms with Crippen molar-refractivity contribution < 1.29 is 9.53 Å². The van der Waals surface area contributed by atoms with Gasteiger partial charge in [0.25, 0.3) is 5.56 Å². The van der Waals surface area contributed by atoms with Crippen LogP contribution in [0.25, 0.3) is 21.9 Å². The molecule has 3 aromatic heterocycles. The Labute approximate surface area is 249 Å². The van der Waals surface area contributed by atoms with E-state index in [2.05, 4.69) is 15.2 Å². The first-order valence-electron chi connectivity index (χ1n) is 14.5. The summed E-state index contributed by atoms with van der Waals surface area (Å²) < 4.78 is 9.96. The topological polar surface area (TPSA) is 142 Å². The van der Waals surface area contributed by atoms with E-state index in [1.165, 1.54) is 9.13 Å². The molecule has 1 amide bonds. The standard InChI is InChI=1S/C31H40N8O4/c1-19(2)13-16-38-25-26(35-28(38)37-15-8-9-20(17-37)34-29(41)43-31(3,4)5)36(6)30(42)39(27(25)40)18-24-22-10-7-11-23(32)21(22)12-14-33-24/h7,10-14,20H,8-9,15-18,32H2,1-6H3,(H,34,41). The van der Waals surface area contributed by atoms with Gasteiger partial charge in [-0.2, -0.15) is 4.98 Å². The van der Waals surface area contributed by atoms with Crippen LogP contribution in [0.3, 0.4) is 0 Å². The van der Waals surface area contributed by atoms with Crippen molar-refractivity contribution in [1.82, 2.24) is 29.0 Å². The van der Waals surface area contributed by atoms with Crippen LogP contribution in [0.5, 0.6) is 0 Å². The number of nitrogens with one attached hydrogen (secondary N) is 1. The number of nitrogens with two attached hydrogens (primary N) is 1. The van der Waals surface area contributed by atoms with Crippen LogP contribution in [0.15, 0.2) is 51.7 Å². The number of pyridine rings is 1. The van der Waals surface area contributed by atoms with E-state index < -0.39 is 22.9 Å². The summed E-state index contributed by atoms with van der Waals surface area (Å²) in [5.41, 5.74) is 7.54. The predicted octanol–water partition coefficient (Wildman–Crippen LogP) is 3.54. The number of alkyl carbamates (subject to hydrolysis) is 1. The van der Waals surface area contributed by atoms with Gasteiger partial charge in [-0.25, -0.2) is 9.59 Å². The summed E-state index contributed by atoms with van der Waals surface area (Å²) in [5.74, 6) is 0.573. The maximum absolute atomic E-state index is 14.1. The number of benzene rings is 1. The Balaban J connectivity index is 1.59. The Morgan fingerprint density at radius 1 is 1.16 bits per heavy atom. The van der Waals surface area contributed by atoms with Gasteiger partial charge in [0.15, 0.2) is 11.2 Å². The van der Waals surface area contributed by atoms with Crippen LogP contribution in [0.1, 0.15) is 53.2 Å². The first-order valence-corrected chi connectivity index (χ1v) is 14.5. The Hall–Kier alpha value is -4.61. The molecule has 0 saturated carbocycles. The SMILES string of the molecule is CC(C)=CCn1c(N2CCCC(NC(=O)OC(C)(C)C)C2)nc2c1c(=O)n(Cc1nccc3c(N)cccc13)c(=O)n2C. The molecular formula is C31H40N8O4. The summed E-state index contributed by atoms with van der Waals surface area (Å²) in [7, 11) is 1.63. The third-order valence-electron chi connectivity index (χ3n) is 7.55. The summed E-state index contributed by atoms with van der Waals surface area (Å²) in [4.78, 5) is 51.6. The summed E-state index contributed by atoms with van der Waals surface area (Å²) in [5, 5.41) is 4.57. The van der Waals surface area contributed by atoms with Gasteiger partial charge in [-0.3, -0.25) is 18.9 Å². The van der Waals surface area contributed by atoms with E-state index >= 15 is 0 Å². The van der Waals surface area contributed by atoms with Gasteiger partial charge in [0.1, 0.15) is 5.60 Å². The summed E-state index contributed by atoms with van der Waals surface area (Å²) in [6, 6.07) is 7.18. The number of nitrogens with zero attached hydrogens (tertiary/aromatic N) is 6. The highest BCUT2D eigenvalue weighted by atomic mass is 16.6. The minimum atomic E-state index is -0.602. The molecule has 12 nitrogen and oxygen atoms in total. The normalized spacial score (nSPS) is 15.6. The van der Waals surface area contributed by atoms with Crippen LogP contribution in [-0.2, 0) is 24.9 Å². The number of anilines is 2. The van der Waals surface area contributed by atoms with Crippen molar-refractivity contribution in [3.63, 3.8) is 0 Å². The molecule has 4 aromatic rings. The third-order valence-corrected chi connectivity index (χ3v) is 7.55. The molecular weight excluding hydrogens is 548 g/mol. The highest BCUT2D eigenvalue weighted by molar-refractivity contribution is 5.94. The number of hydrogen-bond acceptors (Lipinski definition) is 8. The zero-order valence-electron chi connectivity index (χ0n) is 25.7. The van der Waals surface area contributed by atoms with E-state index in [9.17, 15) is 14.4 Å². The van der Waals surface area contributed by atoms with Gasteiger partial charge in [0, 0.05) is 55.4 Å². The highest BCUT2D eigenvalue weighted by Crippen LogP contribution is 2.25. The smallest absolute Gasteiger partial charge is 0.407 e. The van der Waals surface area contributed by atoms with Gasteiger partial charge in [-0.05, 0) is 59.6 Å². The number of aryl methyl sites for hydroxylation is 1. The quantitative estimate of drug-likeness (QED) is 0.257. The number of allylic oxidation sites excluding steroid dienone is 2. The van der Waals surface area contributed by atoms with Gasteiger partial charge in [0.2, 0.25) is 5.95 Å². The molecule has 12 heteroatoms. The van der Waals surface area contributed by atoms with Gasteiger partial charge in [-0.1, -0.05) is 23.8 Å². The maximum Gasteiger partial charge on any atom is 0.407 e. The second-order valence-corrected chi connectivity index (χ2v) is 12.3. The molecule has 5 rings (SSSR count). The second-order valence-electron chi connectivity index (χ2n) is 12.3. The number of hydrogen-bond donors (Lipinski definition) is 2. The highest BCUT2D eigenvalue weighted by Gasteiger charge is 2.29. The summed E-state index contributed by atoms with van der Waals surface area (Å²) in [6.45, 7) is 11.0. The number of amides is 1. The average molecular weight is 589 g/mol. The van der Waals surface area contributed by atoms with E-state index in [1.54, 1.807) is 19.3 Å². The number of imidazole rings is 1. The zero-order valence-corrected chi connectivity index (χ0v) is 25.7. The van der Waals surface area contributed by atoms with Crippen LogP contribution in [0, 0.1) is 0 Å². The minimum absolute atomic E-state index is 0.0169. The molecule has 1 atom stereocenters. The minimum Gasteiger partial charge on any atom is -0.444 e. The molecule has 1 fully saturated rings. The molecule has 1 aliphatic heterocycles. The number of rotatable bonds is 6. The Bertz CT molecular complexity index is 1840. The van der Waals surface area contributed by atoms with Crippen molar-refractivity contribution in [2.45, 2.75) is 72.2 Å². The molecule has 0 bridgehead atoms. The number of ether oxygens (including phenoxy) is 1. The number of carbonyl (C=O) groups is 1. The molecule has 1 saturated heterocycles. The van der Waals surface area contributed by atoms with Crippen LogP contribution < -0.4 is 27.2 Å². The number of carbonyl (C=O) groups excluding carboxylic acids is 1. The van der Waals surface area contributed by atoms with Crippen LogP contribution in [-0.4, -0.2) is 54.5 Å². The molecule has 43 heavy (non-hydrogen) atoms. The van der Waals surface area contributed by atoms with E-state index in [1.807, 2.05) is 63.5 Å². The largest absolute Gasteiger partial charge is 0.444 e. The van der Waals surface area contributed by atoms with Gasteiger partial charge in [-0.15, -0.1) is 0 Å². The third kappa shape index (κ3) is 6.13. The number of nitrogen functional groups attached to an aromatic ring is 1. The van der Waals surface area contributed by atoms with Crippen molar-refractivity contribution in [2.24, 2.45) is 7.05 Å². The molecule has 228 valence electrons. The fourth-order valence-electron chi connectivity index (χ4n) is 5.51. The van der Waals surface area contributed by atoms with E-state index in [0.717, 1.165) is 29.2 Å². The van der Waals surface area contributed by atoms with Crippen molar-refractivity contribution in [3.05, 3.63) is 68.6 Å². The number of aromatic nitrogens is 5. The molecule has 3 N–H and O–H groups in total. The Morgan fingerprint density at radius 2 is 1.93 bits per heavy atom. The van der Waals surface area contributed by atoms with E-state index in [-0.39, 0.29) is 12.6 Å². The van der Waals surface area contributed by atoms with Crippen molar-refractivity contribution in [2.75, 3.05) is 23.7 Å². The lowest BCUT2D eigenvalue weighted by Crippen LogP contribution is -2.49. The Kier molecular flexibility index (Phi) is 8.04. The summed E-state index contributed by atoms with van der Waals surface area (Å²) >= 11 is 0. The molecule has 0 spiro atoms. The van der Waals surface area contributed by atoms with Crippen LogP contribution in [0.2, 0.25) is 0 Å². The number of piperidine rings is 1. The van der Waals surface area contributed by atoms with Crippen LogP contribution in [0.4, 0.5) is 16.4 Å². The second kappa shape index (κ2) is 11.6. The fourth-order valence-corrected chi connectivity index (χ4v) is 5.51. The summed E-state index contributed by atoms with van der Waals surface area (Å²) in [6.07, 6.45) is 4.79. The van der Waals surface area contributed by atoms with Crippen LogP contribution >= 0.6 is 0 Å². The lowest BCUT2D eigenvalue weighted by molar-refractivity contribution is 0.0499. The maximum atomic E-state index is 14.1. The monoisotopic (exact) mass is 588 g/mol. The zero-order chi connectivity index (χ0) is 31.1. The van der Waals surface area contributed by atoms with Gasteiger partial charge < -0.3 is 25.3 Å². The lowest BCUT2D eigenvalue weighted by Gasteiger charge is -2.34. The first kappa shape index (κ1) is 29.9. The molecule has 1 unspecified atom stereocenters. The van der Waals surface area contributed by atoms with E-state index in [4.69, 9.17) is 15.5 Å². The van der Waals surface area contributed by atoms with Gasteiger partial charge in [0.05, 0.1) is 12.2 Å². The predicted molar refractivity (Wildman–Crippen MR) is 169 cm³/mol. The molecule has 0 radical (unpaired) electrons. The Morgan fingerprint density at radius 3 is 2.65 bits per heavy atom. The fraction of sp³-hybridized carbons (Fsp3) is 0.452. The molecule has 1 aromatic carbocycles. The van der Waals surface area contributed by atoms with E-state index in [0.29, 0.717) is 48.1 Å². The van der Waals surface area contributed by atoms with Crippen molar-refractivity contribution in [3.8, 4) is 0 Å². The molecule has 4 heterocycles. The molecule has 0 aliphatic carbocycles.